The van der Waals surface area contributed by atoms with Crippen LogP contribution in [0, 0.1) is 32.1 Å². The summed E-state index contributed by atoms with van der Waals surface area (Å²) in [4.78, 5) is 9.17. The summed E-state index contributed by atoms with van der Waals surface area (Å²) in [5, 5.41) is 13.8. The van der Waals surface area contributed by atoms with Crippen molar-refractivity contribution < 1.29 is 0 Å². The zero-order valence-electron chi connectivity index (χ0n) is 16.3. The highest BCUT2D eigenvalue weighted by molar-refractivity contribution is 7.11. The molecule has 4 aromatic rings. The van der Waals surface area contributed by atoms with Crippen LogP contribution in [0.15, 0.2) is 47.8 Å². The van der Waals surface area contributed by atoms with Crippen molar-refractivity contribution in [3.8, 4) is 17.3 Å². The minimum Gasteiger partial charge on any atom is -0.235 e. The maximum absolute atomic E-state index is 9.74. The molecule has 0 saturated carbocycles. The molecule has 0 aliphatic rings. The Labute approximate surface area is 179 Å². The molecule has 0 saturated heterocycles. The van der Waals surface area contributed by atoms with Gasteiger partial charge in [-0.15, -0.1) is 11.3 Å². The van der Waals surface area contributed by atoms with Gasteiger partial charge in [-0.25, -0.2) is 9.97 Å². The van der Waals surface area contributed by atoms with Gasteiger partial charge in [0.05, 0.1) is 16.8 Å². The van der Waals surface area contributed by atoms with Crippen molar-refractivity contribution in [1.82, 2.24) is 9.97 Å². The molecular weight excluding hydrogens is 398 g/mol. The molecule has 0 aliphatic carbocycles. The molecule has 2 aromatic heterocycles. The average Bonchev–Trinajstić information content (AvgIpc) is 3.16. The van der Waals surface area contributed by atoms with Gasteiger partial charge in [-0.1, -0.05) is 47.0 Å². The first kappa shape index (κ1) is 19.3. The first-order valence-corrected chi connectivity index (χ1v) is 10.4. The topological polar surface area (TPSA) is 49.6 Å². The fourth-order valence-corrected chi connectivity index (χ4v) is 4.30. The molecule has 2 aromatic carbocycles. The number of nitriles is 1. The van der Waals surface area contributed by atoms with Gasteiger partial charge in [0.1, 0.15) is 16.2 Å². The summed E-state index contributed by atoms with van der Waals surface area (Å²) in [6.45, 7) is 6.18. The van der Waals surface area contributed by atoms with Crippen molar-refractivity contribution in [2.75, 3.05) is 0 Å². The predicted molar refractivity (Wildman–Crippen MR) is 122 cm³/mol. The third-order valence-electron chi connectivity index (χ3n) is 4.76. The maximum atomic E-state index is 9.74. The van der Waals surface area contributed by atoms with E-state index in [4.69, 9.17) is 16.6 Å². The number of halogens is 1. The highest BCUT2D eigenvalue weighted by atomic mass is 35.5. The lowest BCUT2D eigenvalue weighted by Gasteiger charge is -2.04. The van der Waals surface area contributed by atoms with Crippen LogP contribution in [-0.2, 0) is 0 Å². The number of benzene rings is 2. The first-order valence-electron chi connectivity index (χ1n) is 9.17. The lowest BCUT2D eigenvalue weighted by atomic mass is 10.0. The summed E-state index contributed by atoms with van der Waals surface area (Å²) in [7, 11) is 0. The second-order valence-corrected chi connectivity index (χ2v) is 8.31. The van der Waals surface area contributed by atoms with Crippen LogP contribution in [0.25, 0.3) is 33.8 Å². The summed E-state index contributed by atoms with van der Waals surface area (Å²) >= 11 is 7.84. The van der Waals surface area contributed by atoms with Crippen LogP contribution in [-0.4, -0.2) is 9.97 Å². The molecule has 0 radical (unpaired) electrons. The summed E-state index contributed by atoms with van der Waals surface area (Å²) in [6, 6.07) is 16.5. The van der Waals surface area contributed by atoms with Crippen molar-refractivity contribution in [1.29, 1.82) is 5.26 Å². The number of aryl methyl sites for hydroxylation is 3. The quantitative estimate of drug-likeness (QED) is 0.267. The van der Waals surface area contributed by atoms with E-state index in [9.17, 15) is 5.26 Å². The predicted octanol–water partition coefficient (Wildman–Crippen LogP) is 7.00. The van der Waals surface area contributed by atoms with E-state index in [-0.39, 0.29) is 0 Å². The highest BCUT2D eigenvalue weighted by Crippen LogP contribution is 2.31. The largest absolute Gasteiger partial charge is 0.235 e. The Bertz CT molecular complexity index is 1310. The fraction of sp³-hybridized carbons (Fsp3) is 0.125. The maximum Gasteiger partial charge on any atom is 0.137 e. The summed E-state index contributed by atoms with van der Waals surface area (Å²) in [5.74, 6) is 0. The summed E-state index contributed by atoms with van der Waals surface area (Å²) in [6.07, 6.45) is 1.77. The van der Waals surface area contributed by atoms with Crippen molar-refractivity contribution in [3.63, 3.8) is 0 Å². The first-order chi connectivity index (χ1) is 13.9. The molecule has 2 heterocycles. The highest BCUT2D eigenvalue weighted by Gasteiger charge is 2.12. The second-order valence-electron chi connectivity index (χ2n) is 7.09. The third kappa shape index (κ3) is 3.93. The lowest BCUT2D eigenvalue weighted by molar-refractivity contribution is 1.32. The molecule has 3 nitrogen and oxygen atoms in total. The van der Waals surface area contributed by atoms with E-state index in [0.29, 0.717) is 21.3 Å². The molecule has 0 unspecified atom stereocenters. The summed E-state index contributed by atoms with van der Waals surface area (Å²) < 4.78 is 0. The standard InChI is InChI=1S/C24H18ClN3S/c1-14-4-6-20(16(3)8-14)22-13-29-24(28-22)19(12-26)11-18-10-17-9-15(2)5-7-21(17)27-23(18)25/h4-11,13H,1-3H3/b19-11+. The van der Waals surface area contributed by atoms with E-state index in [2.05, 4.69) is 49.2 Å². The molecule has 0 N–H and O–H groups in total. The van der Waals surface area contributed by atoms with Gasteiger partial charge in [-0.3, -0.25) is 0 Å². The molecule has 0 fully saturated rings. The molecule has 142 valence electrons. The van der Waals surface area contributed by atoms with Crippen molar-refractivity contribution in [2.45, 2.75) is 20.8 Å². The number of nitrogens with zero attached hydrogens (tertiary/aromatic N) is 3. The second kappa shape index (κ2) is 7.79. The van der Waals surface area contributed by atoms with Gasteiger partial charge in [0, 0.05) is 21.9 Å². The smallest absolute Gasteiger partial charge is 0.137 e. The molecule has 0 spiro atoms. The Morgan fingerprint density at radius 1 is 1.03 bits per heavy atom. The number of fused-ring (bicyclic) bond motifs is 1. The Morgan fingerprint density at radius 2 is 1.79 bits per heavy atom. The van der Waals surface area contributed by atoms with Gasteiger partial charge in [0.2, 0.25) is 0 Å². The zero-order valence-corrected chi connectivity index (χ0v) is 17.9. The minimum absolute atomic E-state index is 0.375. The van der Waals surface area contributed by atoms with Crippen LogP contribution in [0.3, 0.4) is 0 Å². The van der Waals surface area contributed by atoms with Crippen LogP contribution in [0.5, 0.6) is 0 Å². The number of rotatable bonds is 3. The van der Waals surface area contributed by atoms with Crippen LogP contribution >= 0.6 is 22.9 Å². The minimum atomic E-state index is 0.375. The fourth-order valence-electron chi connectivity index (χ4n) is 3.31. The van der Waals surface area contributed by atoms with Crippen molar-refractivity contribution in [3.05, 3.63) is 80.3 Å². The zero-order chi connectivity index (χ0) is 20.5. The molecule has 0 amide bonds. The Morgan fingerprint density at radius 3 is 2.55 bits per heavy atom. The molecule has 0 bridgehead atoms. The van der Waals surface area contributed by atoms with E-state index in [1.165, 1.54) is 22.5 Å². The number of aromatic nitrogens is 2. The van der Waals surface area contributed by atoms with Gasteiger partial charge in [-0.05, 0) is 50.6 Å². The van der Waals surface area contributed by atoms with Gasteiger partial charge in [0.15, 0.2) is 0 Å². The Balaban J connectivity index is 1.76. The third-order valence-corrected chi connectivity index (χ3v) is 5.94. The van der Waals surface area contributed by atoms with Crippen LogP contribution in [0.4, 0.5) is 0 Å². The lowest BCUT2D eigenvalue weighted by Crippen LogP contribution is -1.88. The number of hydrogen-bond donors (Lipinski definition) is 0. The van der Waals surface area contributed by atoms with Crippen LogP contribution < -0.4 is 0 Å². The Hall–Kier alpha value is -3.00. The van der Waals surface area contributed by atoms with Gasteiger partial charge < -0.3 is 0 Å². The van der Waals surface area contributed by atoms with Crippen molar-refractivity contribution in [2.24, 2.45) is 0 Å². The molecule has 29 heavy (non-hydrogen) atoms. The molecule has 5 heteroatoms. The van der Waals surface area contributed by atoms with Gasteiger partial charge in [-0.2, -0.15) is 5.26 Å². The van der Waals surface area contributed by atoms with Gasteiger partial charge >= 0.3 is 0 Å². The van der Waals surface area contributed by atoms with E-state index < -0.39 is 0 Å². The average molecular weight is 416 g/mol. The van der Waals surface area contributed by atoms with Crippen LogP contribution in [0.1, 0.15) is 27.3 Å². The normalized spacial score (nSPS) is 11.6. The summed E-state index contributed by atoms with van der Waals surface area (Å²) in [5.41, 5.74) is 7.51. The monoisotopic (exact) mass is 415 g/mol. The van der Waals surface area contributed by atoms with E-state index in [1.807, 2.05) is 30.5 Å². The van der Waals surface area contributed by atoms with Crippen LogP contribution in [0.2, 0.25) is 5.15 Å². The number of hydrogen-bond acceptors (Lipinski definition) is 4. The molecule has 0 atom stereocenters. The number of thiazole rings is 1. The van der Waals surface area contributed by atoms with E-state index in [1.54, 1.807) is 6.08 Å². The Kier molecular flexibility index (Phi) is 5.19. The molecular formula is C24H18ClN3S. The molecule has 0 aliphatic heterocycles. The number of pyridine rings is 1. The van der Waals surface area contributed by atoms with Crippen molar-refractivity contribution >= 4 is 45.5 Å². The number of allylic oxidation sites excluding steroid dienone is 1. The van der Waals surface area contributed by atoms with E-state index in [0.717, 1.165) is 27.7 Å². The SMILES string of the molecule is Cc1ccc(-c2csc(/C(C#N)=C/c3cc4cc(C)ccc4nc3Cl)n2)c(C)c1. The van der Waals surface area contributed by atoms with Gasteiger partial charge in [0.25, 0.3) is 0 Å². The molecule has 4 rings (SSSR count). The van der Waals surface area contributed by atoms with E-state index >= 15 is 0 Å².